The fourth-order valence-electron chi connectivity index (χ4n) is 1.60. The average molecular weight is 192 g/mol. The fourth-order valence-corrected chi connectivity index (χ4v) is 1.60. The summed E-state index contributed by atoms with van der Waals surface area (Å²) in [7, 11) is 0. The number of aliphatic hydroxyl groups excluding tert-OH is 1. The van der Waals surface area contributed by atoms with Crippen molar-refractivity contribution in [2.75, 3.05) is 6.61 Å². The fraction of sp³-hybridized carbons (Fsp3) is 0.538. The van der Waals surface area contributed by atoms with Crippen LogP contribution in [0, 0.1) is 5.92 Å². The molecular weight excluding hydrogens is 172 g/mol. The molecule has 0 amide bonds. The summed E-state index contributed by atoms with van der Waals surface area (Å²) in [4.78, 5) is 0. The van der Waals surface area contributed by atoms with Crippen molar-refractivity contribution in [3.63, 3.8) is 0 Å². The second-order valence-corrected chi connectivity index (χ2v) is 4.06. The van der Waals surface area contributed by atoms with Crippen LogP contribution in [0.2, 0.25) is 0 Å². The van der Waals surface area contributed by atoms with Crippen LogP contribution < -0.4 is 0 Å². The van der Waals surface area contributed by atoms with Gasteiger partial charge >= 0.3 is 0 Å². The first-order valence-corrected chi connectivity index (χ1v) is 5.45. The maximum Gasteiger partial charge on any atom is 0.0459 e. The van der Waals surface area contributed by atoms with Crippen molar-refractivity contribution in [3.05, 3.63) is 35.4 Å². The summed E-state index contributed by atoms with van der Waals surface area (Å²) >= 11 is 0. The minimum atomic E-state index is 0.275. The van der Waals surface area contributed by atoms with E-state index in [0.29, 0.717) is 5.92 Å². The Kier molecular flexibility index (Phi) is 4.68. The quantitative estimate of drug-likeness (QED) is 0.760. The Balaban J connectivity index is 2.54. The Morgan fingerprint density at radius 2 is 1.71 bits per heavy atom. The molecule has 0 fully saturated rings. The SMILES string of the molecule is CCCc1ccc(CC(C)CO)cc1. The first-order chi connectivity index (χ1) is 6.76. The molecule has 0 heterocycles. The van der Waals surface area contributed by atoms with Crippen molar-refractivity contribution >= 4 is 0 Å². The van der Waals surface area contributed by atoms with Gasteiger partial charge in [-0.05, 0) is 29.9 Å². The highest BCUT2D eigenvalue weighted by molar-refractivity contribution is 5.22. The summed E-state index contributed by atoms with van der Waals surface area (Å²) in [5.41, 5.74) is 2.74. The van der Waals surface area contributed by atoms with E-state index in [1.807, 2.05) is 0 Å². The normalized spacial score (nSPS) is 12.8. The smallest absolute Gasteiger partial charge is 0.0459 e. The van der Waals surface area contributed by atoms with Crippen molar-refractivity contribution in [1.82, 2.24) is 0 Å². The predicted octanol–water partition coefficient (Wildman–Crippen LogP) is 2.81. The van der Waals surface area contributed by atoms with Crippen LogP contribution in [0.5, 0.6) is 0 Å². The van der Waals surface area contributed by atoms with Gasteiger partial charge in [0.2, 0.25) is 0 Å². The zero-order valence-corrected chi connectivity index (χ0v) is 9.16. The number of aryl methyl sites for hydroxylation is 1. The first kappa shape index (κ1) is 11.3. The van der Waals surface area contributed by atoms with Crippen molar-refractivity contribution < 1.29 is 5.11 Å². The lowest BCUT2D eigenvalue weighted by molar-refractivity contribution is 0.237. The van der Waals surface area contributed by atoms with Crippen molar-refractivity contribution in [1.29, 1.82) is 0 Å². The van der Waals surface area contributed by atoms with Gasteiger partial charge in [0, 0.05) is 6.61 Å². The largest absolute Gasteiger partial charge is 0.396 e. The molecular formula is C13H20O. The average Bonchev–Trinajstić information content (AvgIpc) is 2.21. The lowest BCUT2D eigenvalue weighted by Crippen LogP contribution is -2.04. The Morgan fingerprint density at radius 3 is 2.21 bits per heavy atom. The maximum absolute atomic E-state index is 8.93. The third-order valence-electron chi connectivity index (χ3n) is 2.46. The van der Waals surface area contributed by atoms with E-state index in [4.69, 9.17) is 5.11 Å². The molecule has 0 bridgehead atoms. The molecule has 1 unspecified atom stereocenters. The van der Waals surface area contributed by atoms with Crippen LogP contribution in [0.4, 0.5) is 0 Å². The second kappa shape index (κ2) is 5.82. The summed E-state index contributed by atoms with van der Waals surface area (Å²) in [6.45, 7) is 4.54. The summed E-state index contributed by atoms with van der Waals surface area (Å²) in [6.07, 6.45) is 3.34. The molecule has 78 valence electrons. The van der Waals surface area contributed by atoms with Crippen LogP contribution >= 0.6 is 0 Å². The molecule has 1 atom stereocenters. The summed E-state index contributed by atoms with van der Waals surface area (Å²) in [5, 5.41) is 8.93. The number of hydrogen-bond acceptors (Lipinski definition) is 1. The minimum absolute atomic E-state index is 0.275. The maximum atomic E-state index is 8.93. The molecule has 0 saturated carbocycles. The molecule has 0 aromatic heterocycles. The molecule has 0 spiro atoms. The number of rotatable bonds is 5. The molecule has 1 N–H and O–H groups in total. The van der Waals surface area contributed by atoms with Gasteiger partial charge in [0.25, 0.3) is 0 Å². The van der Waals surface area contributed by atoms with E-state index in [0.717, 1.165) is 12.8 Å². The van der Waals surface area contributed by atoms with Gasteiger partial charge in [-0.15, -0.1) is 0 Å². The third kappa shape index (κ3) is 3.51. The van der Waals surface area contributed by atoms with Crippen molar-refractivity contribution in [2.24, 2.45) is 5.92 Å². The van der Waals surface area contributed by atoms with Gasteiger partial charge in [-0.3, -0.25) is 0 Å². The highest BCUT2D eigenvalue weighted by Crippen LogP contribution is 2.10. The molecule has 1 nitrogen and oxygen atoms in total. The van der Waals surface area contributed by atoms with Gasteiger partial charge in [0.15, 0.2) is 0 Å². The molecule has 0 aliphatic carbocycles. The summed E-state index contributed by atoms with van der Waals surface area (Å²) in [6, 6.07) is 8.75. The minimum Gasteiger partial charge on any atom is -0.396 e. The predicted molar refractivity (Wildman–Crippen MR) is 60.4 cm³/mol. The van der Waals surface area contributed by atoms with E-state index in [1.54, 1.807) is 0 Å². The Morgan fingerprint density at radius 1 is 1.14 bits per heavy atom. The highest BCUT2D eigenvalue weighted by atomic mass is 16.3. The zero-order chi connectivity index (χ0) is 10.4. The molecule has 0 aliphatic heterocycles. The van der Waals surface area contributed by atoms with Crippen LogP contribution in [0.25, 0.3) is 0 Å². The lowest BCUT2D eigenvalue weighted by Gasteiger charge is -2.08. The molecule has 1 heteroatoms. The summed E-state index contributed by atoms with van der Waals surface area (Å²) in [5.74, 6) is 0.368. The topological polar surface area (TPSA) is 20.2 Å². The molecule has 0 aliphatic rings. The Labute approximate surface area is 86.8 Å². The second-order valence-electron chi connectivity index (χ2n) is 4.06. The molecule has 14 heavy (non-hydrogen) atoms. The van der Waals surface area contributed by atoms with E-state index >= 15 is 0 Å². The van der Waals surface area contributed by atoms with E-state index in [1.165, 1.54) is 17.5 Å². The number of hydrogen-bond donors (Lipinski definition) is 1. The van der Waals surface area contributed by atoms with Crippen LogP contribution in [0.1, 0.15) is 31.4 Å². The lowest BCUT2D eigenvalue weighted by atomic mass is 10.00. The van der Waals surface area contributed by atoms with Gasteiger partial charge in [-0.25, -0.2) is 0 Å². The van der Waals surface area contributed by atoms with Crippen molar-refractivity contribution in [3.8, 4) is 0 Å². The van der Waals surface area contributed by atoms with Gasteiger partial charge in [0.05, 0.1) is 0 Å². The van der Waals surface area contributed by atoms with Gasteiger partial charge in [-0.2, -0.15) is 0 Å². The van der Waals surface area contributed by atoms with E-state index in [9.17, 15) is 0 Å². The van der Waals surface area contributed by atoms with Crippen LogP contribution in [-0.2, 0) is 12.8 Å². The number of aliphatic hydroxyl groups is 1. The highest BCUT2D eigenvalue weighted by Gasteiger charge is 2.01. The molecule has 1 aromatic rings. The van der Waals surface area contributed by atoms with Crippen LogP contribution in [0.3, 0.4) is 0 Å². The molecule has 0 radical (unpaired) electrons. The standard InChI is InChI=1S/C13H20O/c1-3-4-12-5-7-13(8-6-12)9-11(2)10-14/h5-8,11,14H,3-4,9-10H2,1-2H3. The first-order valence-electron chi connectivity index (χ1n) is 5.45. The van der Waals surface area contributed by atoms with E-state index in [2.05, 4.69) is 38.1 Å². The van der Waals surface area contributed by atoms with Gasteiger partial charge in [0.1, 0.15) is 0 Å². The molecule has 1 aromatic carbocycles. The van der Waals surface area contributed by atoms with Gasteiger partial charge < -0.3 is 5.11 Å². The van der Waals surface area contributed by atoms with Gasteiger partial charge in [-0.1, -0.05) is 44.5 Å². The molecule has 0 saturated heterocycles. The van der Waals surface area contributed by atoms with Crippen LogP contribution in [-0.4, -0.2) is 11.7 Å². The summed E-state index contributed by atoms with van der Waals surface area (Å²) < 4.78 is 0. The Hall–Kier alpha value is -0.820. The molecule has 1 rings (SSSR count). The van der Waals surface area contributed by atoms with Crippen LogP contribution in [0.15, 0.2) is 24.3 Å². The monoisotopic (exact) mass is 192 g/mol. The third-order valence-corrected chi connectivity index (χ3v) is 2.46. The van der Waals surface area contributed by atoms with E-state index < -0.39 is 0 Å². The van der Waals surface area contributed by atoms with E-state index in [-0.39, 0.29) is 6.61 Å². The zero-order valence-electron chi connectivity index (χ0n) is 9.16. The Bertz CT molecular complexity index is 250. The van der Waals surface area contributed by atoms with Crippen molar-refractivity contribution in [2.45, 2.75) is 33.1 Å². The number of benzene rings is 1.